The molecule has 10 atom stereocenters. The number of aliphatic hydroxyl groups is 1. The van der Waals surface area contributed by atoms with E-state index in [1.165, 1.54) is 38.5 Å². The molecule has 140 valence electrons. The van der Waals surface area contributed by atoms with E-state index in [-0.39, 0.29) is 11.0 Å². The summed E-state index contributed by atoms with van der Waals surface area (Å²) in [7, 11) is 0. The van der Waals surface area contributed by atoms with Crippen LogP contribution in [-0.2, 0) is 4.79 Å². The largest absolute Gasteiger partial charge is 0.389 e. The van der Waals surface area contributed by atoms with Gasteiger partial charge in [0.2, 0.25) is 0 Å². The molecule has 5 aliphatic carbocycles. The zero-order valence-electron chi connectivity index (χ0n) is 15.7. The second-order valence-corrected chi connectivity index (χ2v) is 11.1. The molecule has 1 N–H and O–H groups in total. The van der Waals surface area contributed by atoms with Gasteiger partial charge in [-0.1, -0.05) is 29.8 Å². The summed E-state index contributed by atoms with van der Waals surface area (Å²) in [6, 6.07) is 0. The van der Waals surface area contributed by atoms with Gasteiger partial charge in [-0.15, -0.1) is 0 Å². The van der Waals surface area contributed by atoms with Crippen LogP contribution in [0.1, 0.15) is 65.2 Å². The summed E-state index contributed by atoms with van der Waals surface area (Å²) in [5, 5.41) is 11.4. The highest BCUT2D eigenvalue weighted by molar-refractivity contribution is 9.09. The van der Waals surface area contributed by atoms with Crippen molar-refractivity contribution in [2.24, 2.45) is 52.8 Å². The molecule has 5 fully saturated rings. The van der Waals surface area contributed by atoms with Gasteiger partial charge in [-0.05, 0) is 98.2 Å². The minimum absolute atomic E-state index is 0.263. The highest BCUT2D eigenvalue weighted by Crippen LogP contribution is 2.69. The molecule has 5 rings (SSSR count). The second-order valence-electron chi connectivity index (χ2n) is 10.6. The van der Waals surface area contributed by atoms with Crippen molar-refractivity contribution in [1.29, 1.82) is 0 Å². The molecule has 0 aromatic heterocycles. The standard InChI is InChI=1S/C22H33BrO2/c1-12-9-16-13-7-8-21(2)17(5-6-18(21)20(24)11-23)14(13)3-4-15(16)19-10-22(12,19)25/h12-19,25H,3-11H2,1-2H3. The predicted octanol–water partition coefficient (Wildman–Crippen LogP) is 4.83. The molecule has 0 amide bonds. The van der Waals surface area contributed by atoms with Crippen molar-refractivity contribution in [2.45, 2.75) is 70.8 Å². The molecule has 5 saturated carbocycles. The Hall–Kier alpha value is 0.110. The van der Waals surface area contributed by atoms with Crippen LogP contribution in [0.4, 0.5) is 0 Å². The number of fused-ring (bicyclic) bond motifs is 7. The van der Waals surface area contributed by atoms with Crippen LogP contribution < -0.4 is 0 Å². The molecule has 0 aliphatic heterocycles. The van der Waals surface area contributed by atoms with Gasteiger partial charge in [0.1, 0.15) is 5.78 Å². The quantitative estimate of drug-likeness (QED) is 0.664. The average molecular weight is 409 g/mol. The first-order chi connectivity index (χ1) is 11.9. The number of halogens is 1. The fraction of sp³-hybridized carbons (Fsp3) is 0.955. The lowest BCUT2D eigenvalue weighted by Gasteiger charge is -2.56. The average Bonchev–Trinajstić information content (AvgIpc) is 3.18. The Balaban J connectivity index is 1.40. The van der Waals surface area contributed by atoms with Crippen LogP contribution >= 0.6 is 15.9 Å². The molecule has 0 spiro atoms. The Labute approximate surface area is 160 Å². The fourth-order valence-electron chi connectivity index (χ4n) is 8.65. The van der Waals surface area contributed by atoms with Gasteiger partial charge in [-0.2, -0.15) is 0 Å². The van der Waals surface area contributed by atoms with Crippen LogP contribution in [0.3, 0.4) is 0 Å². The number of carbonyl (C=O) groups excluding carboxylic acids is 1. The molecular weight excluding hydrogens is 376 g/mol. The van der Waals surface area contributed by atoms with Crippen LogP contribution in [-0.4, -0.2) is 21.8 Å². The van der Waals surface area contributed by atoms with E-state index in [4.69, 9.17) is 0 Å². The Kier molecular flexibility index (Phi) is 3.83. The summed E-state index contributed by atoms with van der Waals surface area (Å²) in [5.74, 6) is 6.02. The smallest absolute Gasteiger partial charge is 0.147 e. The van der Waals surface area contributed by atoms with E-state index >= 15 is 0 Å². The van der Waals surface area contributed by atoms with Crippen molar-refractivity contribution in [3.8, 4) is 0 Å². The number of hydrogen-bond donors (Lipinski definition) is 1. The third kappa shape index (κ3) is 2.21. The fourth-order valence-corrected chi connectivity index (χ4v) is 9.04. The van der Waals surface area contributed by atoms with Crippen molar-refractivity contribution in [2.75, 3.05) is 5.33 Å². The Morgan fingerprint density at radius 2 is 1.76 bits per heavy atom. The van der Waals surface area contributed by atoms with E-state index in [1.54, 1.807) is 0 Å². The monoisotopic (exact) mass is 408 g/mol. The van der Waals surface area contributed by atoms with Crippen molar-refractivity contribution >= 4 is 21.7 Å². The Morgan fingerprint density at radius 3 is 2.48 bits per heavy atom. The van der Waals surface area contributed by atoms with Gasteiger partial charge in [-0.25, -0.2) is 0 Å². The minimum atomic E-state index is -0.294. The zero-order valence-corrected chi connectivity index (χ0v) is 17.3. The topological polar surface area (TPSA) is 37.3 Å². The summed E-state index contributed by atoms with van der Waals surface area (Å²) >= 11 is 3.43. The molecule has 2 nitrogen and oxygen atoms in total. The summed E-state index contributed by atoms with van der Waals surface area (Å²) in [5.41, 5.74) is -0.0304. The van der Waals surface area contributed by atoms with Crippen LogP contribution in [0.5, 0.6) is 0 Å². The minimum Gasteiger partial charge on any atom is -0.389 e. The lowest BCUT2D eigenvalue weighted by molar-refractivity contribution is -0.129. The lowest BCUT2D eigenvalue weighted by atomic mass is 9.49. The molecule has 3 heteroatoms. The first kappa shape index (κ1) is 17.2. The van der Waals surface area contributed by atoms with Gasteiger partial charge in [0, 0.05) is 5.92 Å². The van der Waals surface area contributed by atoms with Crippen LogP contribution in [0, 0.1) is 52.8 Å². The third-order valence-electron chi connectivity index (χ3n) is 9.97. The summed E-state index contributed by atoms with van der Waals surface area (Å²) in [6.45, 7) is 4.74. The first-order valence-corrected chi connectivity index (χ1v) is 11.8. The normalized spacial score (nSPS) is 59.4. The van der Waals surface area contributed by atoms with E-state index in [0.29, 0.717) is 28.9 Å². The maximum Gasteiger partial charge on any atom is 0.147 e. The molecule has 0 aromatic carbocycles. The van der Waals surface area contributed by atoms with Crippen molar-refractivity contribution in [1.82, 2.24) is 0 Å². The Morgan fingerprint density at radius 1 is 1.04 bits per heavy atom. The molecule has 0 saturated heterocycles. The van der Waals surface area contributed by atoms with Crippen molar-refractivity contribution < 1.29 is 9.90 Å². The van der Waals surface area contributed by atoms with E-state index in [2.05, 4.69) is 29.8 Å². The molecule has 0 aromatic rings. The number of rotatable bonds is 2. The van der Waals surface area contributed by atoms with Gasteiger partial charge >= 0.3 is 0 Å². The van der Waals surface area contributed by atoms with Crippen LogP contribution in [0.2, 0.25) is 0 Å². The van der Waals surface area contributed by atoms with Crippen LogP contribution in [0.15, 0.2) is 0 Å². The number of Topliss-reactive ketones (excluding diaryl/α,β-unsaturated/α-hetero) is 1. The van der Waals surface area contributed by atoms with Crippen LogP contribution in [0.25, 0.3) is 0 Å². The number of alkyl halides is 1. The molecular formula is C22H33BrO2. The van der Waals surface area contributed by atoms with Gasteiger partial charge in [-0.3, -0.25) is 4.79 Å². The highest BCUT2D eigenvalue weighted by atomic mass is 79.9. The Bertz CT molecular complexity index is 591. The predicted molar refractivity (Wildman–Crippen MR) is 102 cm³/mol. The van der Waals surface area contributed by atoms with Gasteiger partial charge in [0.15, 0.2) is 0 Å². The number of carbonyl (C=O) groups is 1. The summed E-state index contributed by atoms with van der Waals surface area (Å²) in [6.07, 6.45) is 10.0. The maximum atomic E-state index is 12.5. The van der Waals surface area contributed by atoms with E-state index in [1.807, 2.05) is 0 Å². The SMILES string of the molecule is CC1CC2C3CCC4(C)C(C(=O)CBr)CCC4C3CCC2C2CC12O. The van der Waals surface area contributed by atoms with Gasteiger partial charge in [0.05, 0.1) is 10.9 Å². The zero-order chi connectivity index (χ0) is 17.6. The van der Waals surface area contributed by atoms with E-state index < -0.39 is 0 Å². The third-order valence-corrected chi connectivity index (χ3v) is 10.5. The molecule has 5 aliphatic rings. The number of ketones is 1. The second kappa shape index (κ2) is 5.56. The van der Waals surface area contributed by atoms with E-state index in [0.717, 1.165) is 42.4 Å². The molecule has 25 heavy (non-hydrogen) atoms. The van der Waals surface area contributed by atoms with Gasteiger partial charge < -0.3 is 5.11 Å². The van der Waals surface area contributed by atoms with Crippen molar-refractivity contribution in [3.63, 3.8) is 0 Å². The molecule has 0 heterocycles. The van der Waals surface area contributed by atoms with Crippen molar-refractivity contribution in [3.05, 3.63) is 0 Å². The maximum absolute atomic E-state index is 12.5. The van der Waals surface area contributed by atoms with Gasteiger partial charge in [0.25, 0.3) is 0 Å². The molecule has 0 bridgehead atoms. The number of hydrogen-bond acceptors (Lipinski definition) is 2. The summed E-state index contributed by atoms with van der Waals surface area (Å²) in [4.78, 5) is 12.5. The molecule has 10 unspecified atom stereocenters. The van der Waals surface area contributed by atoms with E-state index in [9.17, 15) is 9.90 Å². The molecule has 0 radical (unpaired) electrons. The highest BCUT2D eigenvalue weighted by Gasteiger charge is 2.67. The summed E-state index contributed by atoms with van der Waals surface area (Å²) < 4.78 is 0. The first-order valence-electron chi connectivity index (χ1n) is 10.7. The lowest BCUT2D eigenvalue weighted by Crippen LogP contribution is -2.51.